The summed E-state index contributed by atoms with van der Waals surface area (Å²) in [5.74, 6) is -0.802. The van der Waals surface area contributed by atoms with Crippen LogP contribution in [-0.4, -0.2) is 27.7 Å². The van der Waals surface area contributed by atoms with Crippen molar-refractivity contribution in [2.75, 3.05) is 0 Å². The minimum Gasteiger partial charge on any atom is -0.277 e. The fraction of sp³-hybridized carbons (Fsp3) is 0.500. The molecule has 2 fully saturated rings. The molecular formula is C12H13N3O3S. The zero-order valence-corrected chi connectivity index (χ0v) is 11.2. The number of nitrogens with one attached hydrogen (secondary N) is 1. The number of amides is 4. The van der Waals surface area contributed by atoms with E-state index in [9.17, 15) is 14.4 Å². The second-order valence-corrected chi connectivity index (χ2v) is 6.25. The molecule has 2 aliphatic rings. The molecule has 2 heterocycles. The highest BCUT2D eigenvalue weighted by atomic mass is 32.1. The summed E-state index contributed by atoms with van der Waals surface area (Å²) in [7, 11) is 0. The molecule has 0 aromatic carbocycles. The zero-order chi connectivity index (χ0) is 13.6. The standard InChI is InChI=1S/C12H13N3O3S/c1-7-13-5-8(19-7)6-15-10(17)12(3-2-4-12)9(16)14-11(15)18/h5H,2-4,6H2,1H3,(H,14,16,18). The second-order valence-electron chi connectivity index (χ2n) is 4.93. The third kappa shape index (κ3) is 1.76. The summed E-state index contributed by atoms with van der Waals surface area (Å²) in [5.41, 5.74) is -0.992. The Kier molecular flexibility index (Phi) is 2.67. The first-order valence-corrected chi connectivity index (χ1v) is 6.93. The Morgan fingerprint density at radius 3 is 2.68 bits per heavy atom. The van der Waals surface area contributed by atoms with Crippen LogP contribution >= 0.6 is 11.3 Å². The number of aryl methyl sites for hydroxylation is 1. The largest absolute Gasteiger partial charge is 0.331 e. The minimum absolute atomic E-state index is 0.186. The summed E-state index contributed by atoms with van der Waals surface area (Å²) in [5, 5.41) is 3.17. The molecule has 100 valence electrons. The summed E-state index contributed by atoms with van der Waals surface area (Å²) in [6.07, 6.45) is 3.57. The molecule has 1 spiro atoms. The molecule has 0 radical (unpaired) electrons. The lowest BCUT2D eigenvalue weighted by Gasteiger charge is -2.44. The highest BCUT2D eigenvalue weighted by Gasteiger charge is 2.57. The van der Waals surface area contributed by atoms with E-state index in [1.165, 1.54) is 11.3 Å². The van der Waals surface area contributed by atoms with Crippen LogP contribution in [0.5, 0.6) is 0 Å². The highest BCUT2D eigenvalue weighted by Crippen LogP contribution is 2.44. The fourth-order valence-electron chi connectivity index (χ4n) is 2.48. The van der Waals surface area contributed by atoms with Crippen LogP contribution in [-0.2, 0) is 16.1 Å². The van der Waals surface area contributed by atoms with E-state index in [4.69, 9.17) is 0 Å². The van der Waals surface area contributed by atoms with E-state index in [1.54, 1.807) is 6.20 Å². The van der Waals surface area contributed by atoms with Crippen LogP contribution < -0.4 is 5.32 Å². The van der Waals surface area contributed by atoms with Crippen molar-refractivity contribution in [2.45, 2.75) is 32.7 Å². The van der Waals surface area contributed by atoms with Gasteiger partial charge in [0.15, 0.2) is 0 Å². The lowest BCUT2D eigenvalue weighted by molar-refractivity contribution is -0.158. The molecule has 4 amide bonds. The predicted molar refractivity (Wildman–Crippen MR) is 67.2 cm³/mol. The number of carbonyl (C=O) groups excluding carboxylic acids is 3. The molecule has 1 aromatic rings. The number of hydrogen-bond acceptors (Lipinski definition) is 5. The van der Waals surface area contributed by atoms with Crippen molar-refractivity contribution in [2.24, 2.45) is 5.41 Å². The molecular weight excluding hydrogens is 266 g/mol. The Morgan fingerprint density at radius 2 is 2.16 bits per heavy atom. The van der Waals surface area contributed by atoms with Crippen molar-refractivity contribution < 1.29 is 14.4 Å². The van der Waals surface area contributed by atoms with Crippen LogP contribution in [0.25, 0.3) is 0 Å². The van der Waals surface area contributed by atoms with Gasteiger partial charge in [0.05, 0.1) is 11.6 Å². The number of barbiturate groups is 1. The molecule has 0 bridgehead atoms. The van der Waals surface area contributed by atoms with Crippen LogP contribution in [0.4, 0.5) is 4.79 Å². The third-order valence-electron chi connectivity index (χ3n) is 3.75. The molecule has 1 aliphatic carbocycles. The number of thiazole rings is 1. The van der Waals surface area contributed by atoms with Gasteiger partial charge in [-0.1, -0.05) is 6.42 Å². The first-order valence-electron chi connectivity index (χ1n) is 6.12. The maximum absolute atomic E-state index is 12.4. The summed E-state index contributed by atoms with van der Waals surface area (Å²) < 4.78 is 0. The van der Waals surface area contributed by atoms with Gasteiger partial charge in [-0.3, -0.25) is 19.8 Å². The van der Waals surface area contributed by atoms with Crippen LogP contribution in [0.1, 0.15) is 29.1 Å². The topological polar surface area (TPSA) is 79.4 Å². The van der Waals surface area contributed by atoms with Crippen LogP contribution in [0.2, 0.25) is 0 Å². The Labute approximate surface area is 113 Å². The summed E-state index contributed by atoms with van der Waals surface area (Å²) >= 11 is 1.44. The average Bonchev–Trinajstić information content (AvgIpc) is 2.68. The van der Waals surface area contributed by atoms with E-state index in [0.29, 0.717) is 12.8 Å². The third-order valence-corrected chi connectivity index (χ3v) is 4.64. The van der Waals surface area contributed by atoms with Gasteiger partial charge in [-0.15, -0.1) is 11.3 Å². The van der Waals surface area contributed by atoms with Crippen molar-refractivity contribution in [1.82, 2.24) is 15.2 Å². The maximum Gasteiger partial charge on any atom is 0.331 e. The van der Waals surface area contributed by atoms with Gasteiger partial charge in [-0.25, -0.2) is 9.78 Å². The van der Waals surface area contributed by atoms with Crippen molar-refractivity contribution in [3.05, 3.63) is 16.1 Å². The number of aromatic nitrogens is 1. The number of urea groups is 1. The SMILES string of the molecule is Cc1ncc(CN2C(=O)NC(=O)C3(CCC3)C2=O)s1. The number of rotatable bonds is 2. The van der Waals surface area contributed by atoms with E-state index in [2.05, 4.69) is 10.3 Å². The van der Waals surface area contributed by atoms with E-state index < -0.39 is 17.4 Å². The van der Waals surface area contributed by atoms with Gasteiger partial charge in [0.2, 0.25) is 11.8 Å². The first kappa shape index (κ1) is 12.3. The summed E-state index contributed by atoms with van der Waals surface area (Å²) in [6.45, 7) is 2.05. The van der Waals surface area contributed by atoms with Gasteiger partial charge in [0, 0.05) is 11.1 Å². The van der Waals surface area contributed by atoms with Gasteiger partial charge in [0.1, 0.15) is 5.41 Å². The van der Waals surface area contributed by atoms with E-state index >= 15 is 0 Å². The summed E-state index contributed by atoms with van der Waals surface area (Å²) in [4.78, 5) is 42.1. The van der Waals surface area contributed by atoms with E-state index in [-0.39, 0.29) is 12.5 Å². The Morgan fingerprint density at radius 1 is 1.42 bits per heavy atom. The van der Waals surface area contributed by atoms with Gasteiger partial charge < -0.3 is 0 Å². The van der Waals surface area contributed by atoms with Crippen LogP contribution in [0, 0.1) is 12.3 Å². The molecule has 1 saturated heterocycles. The molecule has 0 atom stereocenters. The smallest absolute Gasteiger partial charge is 0.277 e. The van der Waals surface area contributed by atoms with Crippen molar-refractivity contribution >= 4 is 29.2 Å². The molecule has 6 nitrogen and oxygen atoms in total. The Hall–Kier alpha value is -1.76. The molecule has 19 heavy (non-hydrogen) atoms. The van der Waals surface area contributed by atoms with Gasteiger partial charge in [-0.05, 0) is 19.8 Å². The molecule has 1 saturated carbocycles. The van der Waals surface area contributed by atoms with Gasteiger partial charge in [0.25, 0.3) is 0 Å². The van der Waals surface area contributed by atoms with Crippen LogP contribution in [0.15, 0.2) is 6.20 Å². The first-order chi connectivity index (χ1) is 9.03. The fourth-order valence-corrected chi connectivity index (χ4v) is 3.26. The number of nitrogens with zero attached hydrogens (tertiary/aromatic N) is 2. The number of carbonyl (C=O) groups is 3. The second kappa shape index (κ2) is 4.12. The molecule has 0 unspecified atom stereocenters. The quantitative estimate of drug-likeness (QED) is 0.825. The molecule has 1 aliphatic heterocycles. The van der Waals surface area contributed by atoms with Crippen molar-refractivity contribution in [3.63, 3.8) is 0 Å². The lowest BCUT2D eigenvalue weighted by atomic mass is 9.66. The van der Waals surface area contributed by atoms with Gasteiger partial charge in [-0.2, -0.15) is 0 Å². The number of imide groups is 2. The predicted octanol–water partition coefficient (Wildman–Crippen LogP) is 1.20. The van der Waals surface area contributed by atoms with Crippen molar-refractivity contribution in [1.29, 1.82) is 0 Å². The normalized spacial score (nSPS) is 21.5. The van der Waals surface area contributed by atoms with Crippen molar-refractivity contribution in [3.8, 4) is 0 Å². The molecule has 3 rings (SSSR count). The van der Waals surface area contributed by atoms with Gasteiger partial charge >= 0.3 is 6.03 Å². The number of hydrogen-bond donors (Lipinski definition) is 1. The lowest BCUT2D eigenvalue weighted by Crippen LogP contribution is -2.65. The minimum atomic E-state index is -0.992. The summed E-state index contributed by atoms with van der Waals surface area (Å²) in [6, 6.07) is -0.626. The van der Waals surface area contributed by atoms with E-state index in [0.717, 1.165) is 21.2 Å². The van der Waals surface area contributed by atoms with Crippen LogP contribution in [0.3, 0.4) is 0 Å². The Bertz CT molecular complexity index is 577. The maximum atomic E-state index is 12.4. The molecule has 1 aromatic heterocycles. The van der Waals surface area contributed by atoms with E-state index in [1.807, 2.05) is 6.92 Å². The monoisotopic (exact) mass is 279 g/mol. The highest BCUT2D eigenvalue weighted by molar-refractivity contribution is 7.11. The zero-order valence-electron chi connectivity index (χ0n) is 10.4. The average molecular weight is 279 g/mol. The Balaban J connectivity index is 1.85. The molecule has 1 N–H and O–H groups in total. The molecule has 7 heteroatoms.